The summed E-state index contributed by atoms with van der Waals surface area (Å²) in [6, 6.07) is 9.43. The van der Waals surface area contributed by atoms with Crippen LogP contribution in [-0.4, -0.2) is 20.9 Å². The lowest BCUT2D eigenvalue weighted by Crippen LogP contribution is -2.33. The molecule has 2 aromatic rings. The van der Waals surface area contributed by atoms with Crippen LogP contribution in [0.2, 0.25) is 0 Å². The summed E-state index contributed by atoms with van der Waals surface area (Å²) in [4.78, 5) is 13.5. The van der Waals surface area contributed by atoms with Gasteiger partial charge in [0, 0.05) is 25.7 Å². The number of rotatable bonds is 4. The monoisotopic (exact) mass is 376 g/mol. The summed E-state index contributed by atoms with van der Waals surface area (Å²) in [5.41, 5.74) is 2.68. The van der Waals surface area contributed by atoms with Crippen molar-refractivity contribution in [3.8, 4) is 0 Å². The molecular formula is C19H21FN2O3S. The molecule has 5 nitrogen and oxygen atoms in total. The first-order valence-electron chi connectivity index (χ1n) is 8.43. The highest BCUT2D eigenvalue weighted by Crippen LogP contribution is 2.29. The molecule has 0 atom stereocenters. The lowest BCUT2D eigenvalue weighted by molar-refractivity contribution is -0.116. The van der Waals surface area contributed by atoms with Crippen molar-refractivity contribution in [3.05, 3.63) is 58.9 Å². The minimum absolute atomic E-state index is 0.0101. The number of carbonyl (C=O) groups excluding carboxylic acids is 1. The zero-order valence-corrected chi connectivity index (χ0v) is 15.6. The summed E-state index contributed by atoms with van der Waals surface area (Å²) in [6.07, 6.45) is 1.53. The number of nitrogens with zero attached hydrogens (tertiary/aromatic N) is 1. The van der Waals surface area contributed by atoms with Crippen LogP contribution < -0.4 is 9.62 Å². The van der Waals surface area contributed by atoms with E-state index in [0.29, 0.717) is 17.7 Å². The van der Waals surface area contributed by atoms with Crippen molar-refractivity contribution in [1.29, 1.82) is 0 Å². The summed E-state index contributed by atoms with van der Waals surface area (Å²) < 4.78 is 41.3. The molecule has 1 amide bonds. The third-order valence-electron chi connectivity index (χ3n) is 4.56. The zero-order chi connectivity index (χ0) is 18.9. The molecule has 0 aliphatic carbocycles. The van der Waals surface area contributed by atoms with Gasteiger partial charge in [-0.3, -0.25) is 4.79 Å². The largest absolute Gasteiger partial charge is 0.312 e. The van der Waals surface area contributed by atoms with E-state index in [1.165, 1.54) is 19.1 Å². The van der Waals surface area contributed by atoms with E-state index in [1.54, 1.807) is 36.1 Å². The smallest absolute Gasteiger partial charge is 0.240 e. The highest BCUT2D eigenvalue weighted by Gasteiger charge is 2.23. The van der Waals surface area contributed by atoms with E-state index in [-0.39, 0.29) is 23.2 Å². The van der Waals surface area contributed by atoms with Crippen molar-refractivity contribution in [1.82, 2.24) is 4.72 Å². The quantitative estimate of drug-likeness (QED) is 0.892. The predicted octanol–water partition coefficient (Wildman–Crippen LogP) is 2.91. The van der Waals surface area contributed by atoms with Crippen molar-refractivity contribution >= 4 is 21.6 Å². The van der Waals surface area contributed by atoms with E-state index < -0.39 is 10.0 Å². The van der Waals surface area contributed by atoms with Crippen LogP contribution >= 0.6 is 0 Å². The third-order valence-corrected chi connectivity index (χ3v) is 5.96. The molecule has 0 saturated heterocycles. The van der Waals surface area contributed by atoms with Crippen LogP contribution in [0, 0.1) is 12.7 Å². The Morgan fingerprint density at radius 1 is 1.23 bits per heavy atom. The summed E-state index contributed by atoms with van der Waals surface area (Å²) in [5.74, 6) is -0.416. The van der Waals surface area contributed by atoms with Gasteiger partial charge in [-0.05, 0) is 60.7 Å². The van der Waals surface area contributed by atoms with Crippen molar-refractivity contribution in [2.45, 2.75) is 38.1 Å². The van der Waals surface area contributed by atoms with E-state index in [9.17, 15) is 17.6 Å². The minimum atomic E-state index is -3.73. The molecule has 0 aromatic heterocycles. The lowest BCUT2D eigenvalue weighted by Gasteiger charge is -2.28. The molecule has 0 unspecified atom stereocenters. The normalized spacial score (nSPS) is 14.2. The van der Waals surface area contributed by atoms with Crippen LogP contribution in [0.5, 0.6) is 0 Å². The SMILES string of the molecule is CC(=O)N1CCCc2cc(S(=O)(=O)NCc3ccc(C)c(F)c3)ccc21. The van der Waals surface area contributed by atoms with Crippen LogP contribution in [0.3, 0.4) is 0 Å². The first-order chi connectivity index (χ1) is 12.3. The molecule has 1 aliphatic rings. The third kappa shape index (κ3) is 3.78. The lowest BCUT2D eigenvalue weighted by atomic mass is 10.0. The van der Waals surface area contributed by atoms with Crippen LogP contribution in [0.1, 0.15) is 30.0 Å². The molecule has 138 valence electrons. The van der Waals surface area contributed by atoms with Crippen molar-refractivity contribution in [2.24, 2.45) is 0 Å². The molecule has 0 radical (unpaired) electrons. The van der Waals surface area contributed by atoms with Crippen LogP contribution in [-0.2, 0) is 27.8 Å². The number of hydrogen-bond donors (Lipinski definition) is 1. The number of hydrogen-bond acceptors (Lipinski definition) is 3. The number of halogens is 1. The first-order valence-corrected chi connectivity index (χ1v) is 9.92. The molecule has 0 saturated carbocycles. The maximum absolute atomic E-state index is 13.6. The summed E-state index contributed by atoms with van der Waals surface area (Å²) in [7, 11) is -3.73. The molecule has 0 bridgehead atoms. The summed E-state index contributed by atoms with van der Waals surface area (Å²) in [5, 5.41) is 0. The van der Waals surface area contributed by atoms with Gasteiger partial charge in [0.1, 0.15) is 5.82 Å². The maximum atomic E-state index is 13.6. The number of benzene rings is 2. The number of nitrogens with one attached hydrogen (secondary N) is 1. The van der Waals surface area contributed by atoms with E-state index in [0.717, 1.165) is 24.1 Å². The molecule has 26 heavy (non-hydrogen) atoms. The second-order valence-corrected chi connectivity index (χ2v) is 8.24. The fraction of sp³-hybridized carbons (Fsp3) is 0.316. The van der Waals surface area contributed by atoms with E-state index in [2.05, 4.69) is 4.72 Å². The van der Waals surface area contributed by atoms with Crippen LogP contribution in [0.4, 0.5) is 10.1 Å². The number of fused-ring (bicyclic) bond motifs is 1. The standard InChI is InChI=1S/C19H21FN2O3S/c1-13-5-6-15(10-18(13)20)12-21-26(24,25)17-7-8-19-16(11-17)4-3-9-22(19)14(2)23/h5-8,10-11,21H,3-4,9,12H2,1-2H3. The van der Waals surface area contributed by atoms with Gasteiger partial charge in [0.15, 0.2) is 0 Å². The van der Waals surface area contributed by atoms with Gasteiger partial charge in [-0.2, -0.15) is 0 Å². The molecular weight excluding hydrogens is 355 g/mol. The van der Waals surface area contributed by atoms with E-state index >= 15 is 0 Å². The number of sulfonamides is 1. The first kappa shape index (κ1) is 18.5. The molecule has 1 N–H and O–H groups in total. The number of anilines is 1. The Morgan fingerprint density at radius 3 is 2.69 bits per heavy atom. The summed E-state index contributed by atoms with van der Waals surface area (Å²) in [6.45, 7) is 3.81. The van der Waals surface area contributed by atoms with Gasteiger partial charge in [0.05, 0.1) is 4.90 Å². The van der Waals surface area contributed by atoms with Gasteiger partial charge in [0.2, 0.25) is 15.9 Å². The molecule has 1 heterocycles. The van der Waals surface area contributed by atoms with Gasteiger partial charge in [-0.1, -0.05) is 12.1 Å². The predicted molar refractivity (Wildman–Crippen MR) is 98.0 cm³/mol. The average molecular weight is 376 g/mol. The maximum Gasteiger partial charge on any atom is 0.240 e. The Labute approximate surface area is 152 Å². The number of amides is 1. The Bertz CT molecular complexity index is 957. The molecule has 2 aromatic carbocycles. The van der Waals surface area contributed by atoms with E-state index in [1.807, 2.05) is 0 Å². The highest BCUT2D eigenvalue weighted by atomic mass is 32.2. The minimum Gasteiger partial charge on any atom is -0.312 e. The fourth-order valence-corrected chi connectivity index (χ4v) is 4.14. The Hall–Kier alpha value is -2.25. The molecule has 0 fully saturated rings. The molecule has 0 spiro atoms. The van der Waals surface area contributed by atoms with Gasteiger partial charge < -0.3 is 4.90 Å². The highest BCUT2D eigenvalue weighted by molar-refractivity contribution is 7.89. The fourth-order valence-electron chi connectivity index (χ4n) is 3.08. The van der Waals surface area contributed by atoms with Crippen molar-refractivity contribution in [3.63, 3.8) is 0 Å². The Balaban J connectivity index is 1.81. The van der Waals surface area contributed by atoms with E-state index in [4.69, 9.17) is 0 Å². The van der Waals surface area contributed by atoms with Gasteiger partial charge in [-0.25, -0.2) is 17.5 Å². The van der Waals surface area contributed by atoms with Crippen LogP contribution in [0.25, 0.3) is 0 Å². The molecule has 3 rings (SSSR count). The number of aryl methyl sites for hydroxylation is 2. The topological polar surface area (TPSA) is 66.5 Å². The Kier molecular flexibility index (Phi) is 5.11. The zero-order valence-electron chi connectivity index (χ0n) is 14.8. The average Bonchev–Trinajstić information content (AvgIpc) is 2.61. The van der Waals surface area contributed by atoms with Gasteiger partial charge >= 0.3 is 0 Å². The Morgan fingerprint density at radius 2 is 2.00 bits per heavy atom. The van der Waals surface area contributed by atoms with Gasteiger partial charge in [-0.15, -0.1) is 0 Å². The summed E-state index contributed by atoms with van der Waals surface area (Å²) >= 11 is 0. The van der Waals surface area contributed by atoms with Crippen molar-refractivity contribution < 1.29 is 17.6 Å². The van der Waals surface area contributed by atoms with Crippen molar-refractivity contribution in [2.75, 3.05) is 11.4 Å². The second kappa shape index (κ2) is 7.17. The molecule has 1 aliphatic heterocycles. The number of carbonyl (C=O) groups is 1. The van der Waals surface area contributed by atoms with Crippen LogP contribution in [0.15, 0.2) is 41.3 Å². The second-order valence-electron chi connectivity index (χ2n) is 6.47. The van der Waals surface area contributed by atoms with Gasteiger partial charge in [0.25, 0.3) is 0 Å². The molecule has 7 heteroatoms.